The molecule has 0 amide bonds. The van der Waals surface area contributed by atoms with Gasteiger partial charge in [0.1, 0.15) is 12.1 Å². The van der Waals surface area contributed by atoms with Crippen molar-refractivity contribution in [1.82, 2.24) is 9.97 Å². The van der Waals surface area contributed by atoms with Gasteiger partial charge in [0, 0.05) is 17.4 Å². The summed E-state index contributed by atoms with van der Waals surface area (Å²) in [6, 6.07) is 6.80. The molecule has 2 rings (SSSR count). The number of aromatic nitrogens is 2. The molecule has 0 saturated heterocycles. The molecule has 0 saturated carbocycles. The maximum atomic E-state index is 13.2. The van der Waals surface area contributed by atoms with E-state index in [4.69, 9.17) is 0 Å². The highest BCUT2D eigenvalue weighted by molar-refractivity contribution is 5.50. The molecule has 0 atom stereocenters. The minimum Gasteiger partial charge on any atom is -0.379 e. The summed E-state index contributed by atoms with van der Waals surface area (Å²) in [6.07, 6.45) is 3.18. The van der Waals surface area contributed by atoms with Crippen molar-refractivity contribution < 1.29 is 4.39 Å². The summed E-state index contributed by atoms with van der Waals surface area (Å²) in [5.74, 6) is -0.201. The highest BCUT2D eigenvalue weighted by Gasteiger charge is 2.02. The van der Waals surface area contributed by atoms with Gasteiger partial charge in [0.25, 0.3) is 0 Å². The summed E-state index contributed by atoms with van der Waals surface area (Å²) in [7, 11) is 0. The predicted octanol–water partition coefficient (Wildman–Crippen LogP) is 2.54. The van der Waals surface area contributed by atoms with Crippen LogP contribution in [0.1, 0.15) is 11.3 Å². The maximum Gasteiger partial charge on any atom is 0.128 e. The third kappa shape index (κ3) is 2.34. The van der Waals surface area contributed by atoms with Crippen molar-refractivity contribution in [2.24, 2.45) is 0 Å². The van der Waals surface area contributed by atoms with Gasteiger partial charge in [-0.1, -0.05) is 6.07 Å². The molecule has 0 unspecified atom stereocenters. The summed E-state index contributed by atoms with van der Waals surface area (Å²) >= 11 is 0. The van der Waals surface area contributed by atoms with Crippen molar-refractivity contribution in [2.45, 2.75) is 13.5 Å². The Balaban J connectivity index is 2.08. The van der Waals surface area contributed by atoms with E-state index in [2.05, 4.69) is 15.3 Å². The number of nitrogens with zero attached hydrogens (tertiary/aromatic N) is 2. The first kappa shape index (κ1) is 10.5. The Morgan fingerprint density at radius 2 is 2.19 bits per heavy atom. The Bertz CT molecular complexity index is 471. The SMILES string of the molecule is Cc1c(F)cccc1NCc1ccncn1. The van der Waals surface area contributed by atoms with Crippen molar-refractivity contribution >= 4 is 5.69 Å². The van der Waals surface area contributed by atoms with Crippen LogP contribution < -0.4 is 5.32 Å². The normalized spacial score (nSPS) is 10.1. The number of nitrogens with one attached hydrogen (secondary N) is 1. The fourth-order valence-corrected chi connectivity index (χ4v) is 1.41. The minimum atomic E-state index is -0.201. The predicted molar refractivity (Wildman–Crippen MR) is 60.5 cm³/mol. The molecule has 16 heavy (non-hydrogen) atoms. The van der Waals surface area contributed by atoms with Crippen molar-refractivity contribution in [3.8, 4) is 0 Å². The van der Waals surface area contributed by atoms with Crippen LogP contribution in [0, 0.1) is 12.7 Å². The lowest BCUT2D eigenvalue weighted by Crippen LogP contribution is -2.03. The molecule has 4 heteroatoms. The first-order valence-electron chi connectivity index (χ1n) is 5.01. The second-order valence-electron chi connectivity index (χ2n) is 3.47. The van der Waals surface area contributed by atoms with Gasteiger partial charge < -0.3 is 5.32 Å². The largest absolute Gasteiger partial charge is 0.379 e. The summed E-state index contributed by atoms with van der Waals surface area (Å²) in [6.45, 7) is 2.31. The van der Waals surface area contributed by atoms with Gasteiger partial charge in [-0.15, -0.1) is 0 Å². The van der Waals surface area contributed by atoms with Gasteiger partial charge in [-0.3, -0.25) is 0 Å². The fourth-order valence-electron chi connectivity index (χ4n) is 1.41. The molecular weight excluding hydrogens is 205 g/mol. The molecule has 0 spiro atoms. The van der Waals surface area contributed by atoms with Crippen molar-refractivity contribution in [3.05, 3.63) is 53.9 Å². The van der Waals surface area contributed by atoms with Crippen molar-refractivity contribution in [2.75, 3.05) is 5.32 Å². The summed E-state index contributed by atoms with van der Waals surface area (Å²) in [4.78, 5) is 7.91. The van der Waals surface area contributed by atoms with Crippen LogP contribution in [0.3, 0.4) is 0 Å². The second-order valence-corrected chi connectivity index (χ2v) is 3.47. The van der Waals surface area contributed by atoms with E-state index in [1.807, 2.05) is 12.1 Å². The number of hydrogen-bond donors (Lipinski definition) is 1. The molecule has 0 aliphatic rings. The standard InChI is InChI=1S/C12H12FN3/c1-9-11(13)3-2-4-12(9)15-7-10-5-6-14-8-16-10/h2-6,8,15H,7H2,1H3. The molecule has 1 heterocycles. The summed E-state index contributed by atoms with van der Waals surface area (Å²) in [5, 5.41) is 3.14. The van der Waals surface area contributed by atoms with E-state index in [0.29, 0.717) is 12.1 Å². The van der Waals surface area contributed by atoms with E-state index in [1.165, 1.54) is 12.4 Å². The van der Waals surface area contributed by atoms with Crippen LogP contribution in [-0.4, -0.2) is 9.97 Å². The van der Waals surface area contributed by atoms with E-state index < -0.39 is 0 Å². The maximum absolute atomic E-state index is 13.2. The highest BCUT2D eigenvalue weighted by atomic mass is 19.1. The molecule has 1 N–H and O–H groups in total. The van der Waals surface area contributed by atoms with E-state index >= 15 is 0 Å². The van der Waals surface area contributed by atoms with Crippen LogP contribution in [0.5, 0.6) is 0 Å². The van der Waals surface area contributed by atoms with Crippen LogP contribution >= 0.6 is 0 Å². The lowest BCUT2D eigenvalue weighted by Gasteiger charge is -2.09. The molecule has 0 fully saturated rings. The van der Waals surface area contributed by atoms with Gasteiger partial charge in [-0.05, 0) is 25.1 Å². The minimum absolute atomic E-state index is 0.201. The van der Waals surface area contributed by atoms with Gasteiger partial charge >= 0.3 is 0 Å². The lowest BCUT2D eigenvalue weighted by atomic mass is 10.2. The molecule has 82 valence electrons. The third-order valence-corrected chi connectivity index (χ3v) is 2.37. The fraction of sp³-hybridized carbons (Fsp3) is 0.167. The zero-order valence-corrected chi connectivity index (χ0v) is 8.94. The third-order valence-electron chi connectivity index (χ3n) is 2.37. The lowest BCUT2D eigenvalue weighted by molar-refractivity contribution is 0.619. The van der Waals surface area contributed by atoms with Gasteiger partial charge in [0.05, 0.1) is 12.2 Å². The summed E-state index contributed by atoms with van der Waals surface area (Å²) < 4.78 is 13.2. The van der Waals surface area contributed by atoms with Crippen molar-refractivity contribution in [3.63, 3.8) is 0 Å². The Morgan fingerprint density at radius 1 is 1.31 bits per heavy atom. The van der Waals surface area contributed by atoms with Crippen LogP contribution in [0.15, 0.2) is 36.8 Å². The number of benzene rings is 1. The van der Waals surface area contributed by atoms with Gasteiger partial charge in [-0.2, -0.15) is 0 Å². The smallest absolute Gasteiger partial charge is 0.128 e. The first-order valence-corrected chi connectivity index (χ1v) is 5.01. The molecule has 2 aromatic rings. The summed E-state index contributed by atoms with van der Waals surface area (Å²) in [5.41, 5.74) is 2.29. The molecule has 0 bridgehead atoms. The Morgan fingerprint density at radius 3 is 2.94 bits per heavy atom. The average molecular weight is 217 g/mol. The Kier molecular flexibility index (Phi) is 3.10. The van der Waals surface area contributed by atoms with Crippen LogP contribution in [0.2, 0.25) is 0 Å². The zero-order valence-electron chi connectivity index (χ0n) is 8.94. The van der Waals surface area contributed by atoms with Crippen LogP contribution in [0.25, 0.3) is 0 Å². The Hall–Kier alpha value is -1.97. The first-order chi connectivity index (χ1) is 7.77. The topological polar surface area (TPSA) is 37.8 Å². The molecular formula is C12H12FN3. The molecule has 1 aromatic heterocycles. The van der Waals surface area contributed by atoms with Crippen LogP contribution in [0.4, 0.5) is 10.1 Å². The van der Waals surface area contributed by atoms with Crippen LogP contribution in [-0.2, 0) is 6.54 Å². The van der Waals surface area contributed by atoms with E-state index in [1.54, 1.807) is 19.2 Å². The number of halogens is 1. The van der Waals surface area contributed by atoms with E-state index in [9.17, 15) is 4.39 Å². The van der Waals surface area contributed by atoms with Gasteiger partial charge in [0.15, 0.2) is 0 Å². The van der Waals surface area contributed by atoms with E-state index in [0.717, 1.165) is 11.4 Å². The molecule has 0 radical (unpaired) electrons. The molecule has 3 nitrogen and oxygen atoms in total. The highest BCUT2D eigenvalue weighted by Crippen LogP contribution is 2.17. The molecule has 0 aliphatic heterocycles. The zero-order chi connectivity index (χ0) is 11.4. The molecule has 1 aromatic carbocycles. The second kappa shape index (κ2) is 4.70. The average Bonchev–Trinajstić information content (AvgIpc) is 2.32. The quantitative estimate of drug-likeness (QED) is 0.858. The van der Waals surface area contributed by atoms with E-state index in [-0.39, 0.29) is 5.82 Å². The van der Waals surface area contributed by atoms with Gasteiger partial charge in [-0.25, -0.2) is 14.4 Å². The monoisotopic (exact) mass is 217 g/mol. The number of anilines is 1. The van der Waals surface area contributed by atoms with Gasteiger partial charge in [0.2, 0.25) is 0 Å². The van der Waals surface area contributed by atoms with Crippen molar-refractivity contribution in [1.29, 1.82) is 0 Å². The number of rotatable bonds is 3. The number of hydrogen-bond acceptors (Lipinski definition) is 3. The Labute approximate surface area is 93.4 Å². The molecule has 0 aliphatic carbocycles.